The van der Waals surface area contributed by atoms with Crippen LogP contribution in [-0.2, 0) is 21.1 Å². The van der Waals surface area contributed by atoms with Crippen LogP contribution in [0.25, 0.3) is 34.2 Å². The van der Waals surface area contributed by atoms with Gasteiger partial charge in [-0.15, -0.1) is 0 Å². The molecule has 0 amide bonds. The number of nitrogens with zero attached hydrogens (tertiary/aromatic N) is 6. The fourth-order valence-corrected chi connectivity index (χ4v) is 3.44. The maximum absolute atomic E-state index is 4.78. The molecule has 4 aromatic rings. The Bertz CT molecular complexity index is 1220. The van der Waals surface area contributed by atoms with E-state index >= 15 is 0 Å². The average Bonchev–Trinajstić information content (AvgIpc) is 2.70. The van der Waals surface area contributed by atoms with Gasteiger partial charge in [-0.1, -0.05) is 15.4 Å². The smallest absolute Gasteiger partial charge is 0.247 e. The Kier molecular flexibility index (Phi) is 4.84. The molecular weight excluding hydrogens is 360 g/mol. The van der Waals surface area contributed by atoms with Crippen molar-refractivity contribution >= 4 is 0 Å². The molecular formula is C23H25N6+3. The molecule has 6 nitrogen and oxygen atoms in total. The summed E-state index contributed by atoms with van der Waals surface area (Å²) in [7, 11) is 5.95. The van der Waals surface area contributed by atoms with Crippen molar-refractivity contribution in [3.8, 4) is 34.2 Å². The zero-order valence-corrected chi connectivity index (χ0v) is 17.5. The molecule has 0 radical (unpaired) electrons. The second-order valence-corrected chi connectivity index (χ2v) is 7.23. The zero-order chi connectivity index (χ0) is 20.5. The summed E-state index contributed by atoms with van der Waals surface area (Å²) in [5, 5.41) is 9.53. The van der Waals surface area contributed by atoms with Crippen LogP contribution < -0.4 is 13.9 Å². The van der Waals surface area contributed by atoms with Gasteiger partial charge in [0.2, 0.25) is 17.1 Å². The van der Waals surface area contributed by atoms with Crippen molar-refractivity contribution in [2.24, 2.45) is 21.1 Å². The minimum Gasteiger partial charge on any atom is -0.247 e. The third-order valence-corrected chi connectivity index (χ3v) is 5.17. The molecule has 0 aromatic carbocycles. The highest BCUT2D eigenvalue weighted by Crippen LogP contribution is 2.18. The number of aryl methyl sites for hydroxylation is 4. The number of aromatic nitrogens is 6. The molecule has 29 heavy (non-hydrogen) atoms. The minimum absolute atomic E-state index is 0.860. The van der Waals surface area contributed by atoms with Crippen LogP contribution in [0.4, 0.5) is 0 Å². The van der Waals surface area contributed by atoms with Crippen molar-refractivity contribution in [3.63, 3.8) is 0 Å². The molecule has 0 aliphatic carbocycles. The van der Waals surface area contributed by atoms with Gasteiger partial charge < -0.3 is 0 Å². The van der Waals surface area contributed by atoms with E-state index in [0.29, 0.717) is 0 Å². The van der Waals surface area contributed by atoms with Crippen LogP contribution in [0.5, 0.6) is 0 Å². The summed E-state index contributed by atoms with van der Waals surface area (Å²) in [6.45, 7) is 4.08. The SMILES string of the molecule is Cc1cccc(-c2ccc(-c3ccc(-c4cccc(C)[n+]4C)n[n+]3C)n[n+]2C)n1. The van der Waals surface area contributed by atoms with Crippen molar-refractivity contribution < 1.29 is 13.9 Å². The second kappa shape index (κ2) is 7.47. The molecule has 6 heteroatoms. The van der Waals surface area contributed by atoms with Crippen molar-refractivity contribution in [1.29, 1.82) is 0 Å². The Morgan fingerprint density at radius 1 is 0.586 bits per heavy atom. The lowest BCUT2D eigenvalue weighted by Crippen LogP contribution is -2.41. The molecule has 0 fully saturated rings. The summed E-state index contributed by atoms with van der Waals surface area (Å²) in [6, 6.07) is 20.4. The zero-order valence-electron chi connectivity index (χ0n) is 17.5. The van der Waals surface area contributed by atoms with Gasteiger partial charge in [0.1, 0.15) is 12.7 Å². The first-order valence-corrected chi connectivity index (χ1v) is 9.59. The van der Waals surface area contributed by atoms with E-state index < -0.39 is 0 Å². The van der Waals surface area contributed by atoms with Crippen molar-refractivity contribution in [2.75, 3.05) is 0 Å². The van der Waals surface area contributed by atoms with E-state index in [-0.39, 0.29) is 0 Å². The van der Waals surface area contributed by atoms with Gasteiger partial charge in [0.15, 0.2) is 19.8 Å². The molecule has 144 valence electrons. The van der Waals surface area contributed by atoms with E-state index in [4.69, 9.17) is 10.2 Å². The van der Waals surface area contributed by atoms with Gasteiger partial charge in [-0.05, 0) is 37.3 Å². The number of hydrogen-bond acceptors (Lipinski definition) is 3. The van der Waals surface area contributed by atoms with Crippen LogP contribution in [0.15, 0.2) is 60.7 Å². The molecule has 0 bridgehead atoms. The summed E-state index contributed by atoms with van der Waals surface area (Å²) in [4.78, 5) is 4.60. The fourth-order valence-electron chi connectivity index (χ4n) is 3.44. The second-order valence-electron chi connectivity index (χ2n) is 7.23. The molecule has 0 saturated carbocycles. The molecule has 0 saturated heterocycles. The highest BCUT2D eigenvalue weighted by Gasteiger charge is 2.23. The predicted octanol–water partition coefficient (Wildman–Crippen LogP) is 1.96. The quantitative estimate of drug-likeness (QED) is 0.507. The monoisotopic (exact) mass is 385 g/mol. The van der Waals surface area contributed by atoms with Gasteiger partial charge in [0.05, 0.1) is 0 Å². The van der Waals surface area contributed by atoms with E-state index in [1.165, 1.54) is 5.69 Å². The lowest BCUT2D eigenvalue weighted by molar-refractivity contribution is -0.728. The van der Waals surface area contributed by atoms with E-state index in [1.54, 1.807) is 0 Å². The lowest BCUT2D eigenvalue weighted by Gasteiger charge is -2.03. The third-order valence-electron chi connectivity index (χ3n) is 5.17. The molecule has 4 heterocycles. The molecule has 4 rings (SSSR count). The molecule has 0 unspecified atom stereocenters. The molecule has 0 N–H and O–H groups in total. The minimum atomic E-state index is 0.860. The normalized spacial score (nSPS) is 10.9. The first kappa shape index (κ1) is 18.8. The topological polar surface area (TPSA) is 50.3 Å². The van der Waals surface area contributed by atoms with Gasteiger partial charge in [-0.25, -0.2) is 4.98 Å². The highest BCUT2D eigenvalue weighted by molar-refractivity contribution is 5.57. The van der Waals surface area contributed by atoms with Crippen LogP contribution in [0.2, 0.25) is 0 Å². The number of hydrogen-bond donors (Lipinski definition) is 0. The van der Waals surface area contributed by atoms with Gasteiger partial charge in [-0.3, -0.25) is 0 Å². The first-order chi connectivity index (χ1) is 13.9. The summed E-state index contributed by atoms with van der Waals surface area (Å²) in [5.74, 6) is 0. The van der Waals surface area contributed by atoms with Gasteiger partial charge >= 0.3 is 0 Å². The maximum atomic E-state index is 4.78. The fraction of sp³-hybridized carbons (Fsp3) is 0.217. The summed E-state index contributed by atoms with van der Waals surface area (Å²) < 4.78 is 5.89. The summed E-state index contributed by atoms with van der Waals surface area (Å²) >= 11 is 0. The van der Waals surface area contributed by atoms with Crippen LogP contribution in [0.3, 0.4) is 0 Å². The van der Waals surface area contributed by atoms with Crippen LogP contribution in [-0.4, -0.2) is 15.2 Å². The molecule has 0 aliphatic rings. The predicted molar refractivity (Wildman–Crippen MR) is 109 cm³/mol. The molecule has 0 atom stereocenters. The summed E-state index contributed by atoms with van der Waals surface area (Å²) in [5.41, 5.74) is 7.86. The average molecular weight is 385 g/mol. The standard InChI is InChI=1S/C23H25N6/c1-16-8-6-10-18(24-16)22-14-13-20(26-28(22)4)23-15-12-19(25-29(23)5)21-11-7-9-17(2)27(21)3/h6-15H,1-5H3/q+3. The molecule has 0 aliphatic heterocycles. The maximum Gasteiger partial charge on any atom is 0.263 e. The Morgan fingerprint density at radius 2 is 1.17 bits per heavy atom. The van der Waals surface area contributed by atoms with Crippen molar-refractivity contribution in [2.45, 2.75) is 13.8 Å². The lowest BCUT2D eigenvalue weighted by atomic mass is 10.2. The Hall–Kier alpha value is -3.54. The summed E-state index contributed by atoms with van der Waals surface area (Å²) in [6.07, 6.45) is 0. The molecule has 0 spiro atoms. The van der Waals surface area contributed by atoms with Crippen LogP contribution >= 0.6 is 0 Å². The Labute approximate surface area is 170 Å². The number of rotatable bonds is 3. The Morgan fingerprint density at radius 3 is 1.79 bits per heavy atom. The Balaban J connectivity index is 1.72. The van der Waals surface area contributed by atoms with Crippen molar-refractivity contribution in [3.05, 3.63) is 72.1 Å². The third kappa shape index (κ3) is 3.61. The van der Waals surface area contributed by atoms with E-state index in [0.717, 1.165) is 39.9 Å². The van der Waals surface area contributed by atoms with Gasteiger partial charge in [-0.2, -0.15) is 4.57 Å². The van der Waals surface area contributed by atoms with Gasteiger partial charge in [0, 0.05) is 47.1 Å². The number of pyridine rings is 2. The largest absolute Gasteiger partial charge is 0.263 e. The van der Waals surface area contributed by atoms with Crippen LogP contribution in [0.1, 0.15) is 11.4 Å². The first-order valence-electron chi connectivity index (χ1n) is 9.59. The van der Waals surface area contributed by atoms with E-state index in [9.17, 15) is 0 Å². The highest BCUT2D eigenvalue weighted by atomic mass is 15.3. The van der Waals surface area contributed by atoms with E-state index in [2.05, 4.69) is 53.9 Å². The van der Waals surface area contributed by atoms with Crippen LogP contribution in [0, 0.1) is 13.8 Å². The van der Waals surface area contributed by atoms with Crippen molar-refractivity contribution in [1.82, 2.24) is 15.2 Å². The van der Waals surface area contributed by atoms with Gasteiger partial charge in [0.25, 0.3) is 11.4 Å². The molecule has 4 aromatic heterocycles. The van der Waals surface area contributed by atoms with E-state index in [1.807, 2.05) is 60.7 Å².